The van der Waals surface area contributed by atoms with Crippen LogP contribution >= 0.6 is 15.9 Å². The first kappa shape index (κ1) is 22.0. The zero-order chi connectivity index (χ0) is 21.2. The van der Waals surface area contributed by atoms with Gasteiger partial charge in [0.2, 0.25) is 15.9 Å². The van der Waals surface area contributed by atoms with Gasteiger partial charge in [-0.25, -0.2) is 8.42 Å². The van der Waals surface area contributed by atoms with Crippen molar-refractivity contribution >= 4 is 37.5 Å². The lowest BCUT2D eigenvalue weighted by Gasteiger charge is -2.36. The first-order valence-corrected chi connectivity index (χ1v) is 11.8. The summed E-state index contributed by atoms with van der Waals surface area (Å²) < 4.78 is 28.0. The Morgan fingerprint density at radius 3 is 2.41 bits per heavy atom. The van der Waals surface area contributed by atoms with Crippen LogP contribution in [0.5, 0.6) is 0 Å². The van der Waals surface area contributed by atoms with Gasteiger partial charge in [-0.15, -0.1) is 0 Å². The van der Waals surface area contributed by atoms with Gasteiger partial charge in [-0.1, -0.05) is 34.1 Å². The molecular weight excluding hydrogens is 454 g/mol. The number of amides is 1. The lowest BCUT2D eigenvalue weighted by atomic mass is 10.1. The van der Waals surface area contributed by atoms with Crippen LogP contribution in [0.3, 0.4) is 0 Å². The molecule has 1 fully saturated rings. The summed E-state index contributed by atoms with van der Waals surface area (Å²) in [6.45, 7) is 7.54. The van der Waals surface area contributed by atoms with Crippen LogP contribution in [-0.2, 0) is 14.8 Å². The van der Waals surface area contributed by atoms with E-state index in [0.29, 0.717) is 26.2 Å². The van der Waals surface area contributed by atoms with Crippen molar-refractivity contribution in [1.29, 1.82) is 0 Å². The highest BCUT2D eigenvalue weighted by Gasteiger charge is 2.32. The molecular formula is C21H26BrN3O3S. The van der Waals surface area contributed by atoms with Crippen LogP contribution in [0.25, 0.3) is 0 Å². The molecule has 1 heterocycles. The predicted molar refractivity (Wildman–Crippen MR) is 118 cm³/mol. The fraction of sp³-hybridized carbons (Fsp3) is 0.381. The van der Waals surface area contributed by atoms with E-state index in [4.69, 9.17) is 0 Å². The second-order valence-electron chi connectivity index (χ2n) is 7.38. The Morgan fingerprint density at radius 2 is 1.76 bits per heavy atom. The average molecular weight is 480 g/mol. The van der Waals surface area contributed by atoms with Gasteiger partial charge >= 0.3 is 0 Å². The van der Waals surface area contributed by atoms with Gasteiger partial charge in [-0.3, -0.25) is 9.69 Å². The summed E-state index contributed by atoms with van der Waals surface area (Å²) in [5.41, 5.74) is 2.92. The molecule has 0 spiro atoms. The highest BCUT2D eigenvalue weighted by atomic mass is 79.9. The summed E-state index contributed by atoms with van der Waals surface area (Å²) in [5, 5.41) is 3.00. The fourth-order valence-corrected chi connectivity index (χ4v) is 5.40. The van der Waals surface area contributed by atoms with E-state index in [1.54, 1.807) is 24.3 Å². The van der Waals surface area contributed by atoms with Gasteiger partial charge in [0, 0.05) is 36.3 Å². The van der Waals surface area contributed by atoms with Crippen LogP contribution in [0, 0.1) is 13.8 Å². The summed E-state index contributed by atoms with van der Waals surface area (Å²) >= 11 is 3.32. The van der Waals surface area contributed by atoms with Crippen LogP contribution in [0.15, 0.2) is 51.8 Å². The minimum Gasteiger partial charge on any atom is -0.324 e. The van der Waals surface area contributed by atoms with Crippen molar-refractivity contribution in [3.8, 4) is 0 Å². The molecule has 2 aromatic carbocycles. The number of benzene rings is 2. The number of anilines is 1. The second-order valence-corrected chi connectivity index (χ2v) is 10.2. The van der Waals surface area contributed by atoms with Crippen molar-refractivity contribution in [2.75, 3.05) is 31.5 Å². The molecule has 0 aliphatic carbocycles. The Labute approximate surface area is 181 Å². The Morgan fingerprint density at radius 1 is 1.07 bits per heavy atom. The molecule has 1 N–H and O–H groups in total. The largest absolute Gasteiger partial charge is 0.324 e. The Bertz CT molecular complexity index is 1000. The number of carbonyl (C=O) groups is 1. The molecule has 29 heavy (non-hydrogen) atoms. The SMILES string of the molecule is Cc1ccc(C)c(NC(=O)C(C)N2CCN(S(=O)(=O)c3cccc(Br)c3)CC2)c1. The van der Waals surface area contributed by atoms with E-state index in [1.165, 1.54) is 4.31 Å². The third-order valence-corrected chi connectivity index (χ3v) is 7.67. The number of aryl methyl sites for hydroxylation is 2. The van der Waals surface area contributed by atoms with Gasteiger partial charge in [-0.2, -0.15) is 4.31 Å². The topological polar surface area (TPSA) is 69.7 Å². The molecule has 8 heteroatoms. The zero-order valence-corrected chi connectivity index (χ0v) is 19.3. The summed E-state index contributed by atoms with van der Waals surface area (Å²) in [4.78, 5) is 15.0. The van der Waals surface area contributed by atoms with Crippen LogP contribution in [0.2, 0.25) is 0 Å². The van der Waals surface area contributed by atoms with Crippen LogP contribution in [-0.4, -0.2) is 55.8 Å². The second kappa shape index (κ2) is 8.95. The number of hydrogen-bond acceptors (Lipinski definition) is 4. The highest BCUT2D eigenvalue weighted by Crippen LogP contribution is 2.22. The molecule has 1 aliphatic rings. The maximum atomic E-state index is 12.9. The third kappa shape index (κ3) is 5.06. The van der Waals surface area contributed by atoms with E-state index in [9.17, 15) is 13.2 Å². The number of carbonyl (C=O) groups excluding carboxylic acids is 1. The first-order valence-electron chi connectivity index (χ1n) is 9.56. The molecule has 0 aromatic heterocycles. The highest BCUT2D eigenvalue weighted by molar-refractivity contribution is 9.10. The molecule has 1 atom stereocenters. The number of nitrogens with one attached hydrogen (secondary N) is 1. The number of piperazine rings is 1. The molecule has 3 rings (SSSR count). The summed E-state index contributed by atoms with van der Waals surface area (Å²) in [6.07, 6.45) is 0. The molecule has 0 radical (unpaired) electrons. The third-order valence-electron chi connectivity index (χ3n) is 5.29. The molecule has 156 valence electrons. The molecule has 0 saturated carbocycles. The number of sulfonamides is 1. The van der Waals surface area contributed by atoms with Gasteiger partial charge < -0.3 is 5.32 Å². The van der Waals surface area contributed by atoms with E-state index in [-0.39, 0.29) is 16.8 Å². The lowest BCUT2D eigenvalue weighted by molar-refractivity contribution is -0.121. The maximum Gasteiger partial charge on any atom is 0.243 e. The number of hydrogen-bond donors (Lipinski definition) is 1. The van der Waals surface area contributed by atoms with E-state index in [2.05, 4.69) is 21.2 Å². The van der Waals surface area contributed by atoms with Crippen LogP contribution in [0.4, 0.5) is 5.69 Å². The fourth-order valence-electron chi connectivity index (χ4n) is 3.38. The van der Waals surface area contributed by atoms with E-state index in [0.717, 1.165) is 21.3 Å². The number of rotatable bonds is 5. The van der Waals surface area contributed by atoms with Gasteiger partial charge in [0.1, 0.15) is 0 Å². The summed E-state index contributed by atoms with van der Waals surface area (Å²) in [7, 11) is -3.54. The van der Waals surface area contributed by atoms with Crippen molar-refractivity contribution < 1.29 is 13.2 Å². The summed E-state index contributed by atoms with van der Waals surface area (Å²) in [5.74, 6) is -0.0815. The molecule has 1 amide bonds. The molecule has 1 aliphatic heterocycles. The average Bonchev–Trinajstić information content (AvgIpc) is 2.70. The Hall–Kier alpha value is -1.74. The smallest absolute Gasteiger partial charge is 0.243 e. The van der Waals surface area contributed by atoms with Crippen molar-refractivity contribution in [3.05, 3.63) is 58.1 Å². The standard InChI is InChI=1S/C21H26BrN3O3S/c1-15-7-8-16(2)20(13-15)23-21(26)17(3)24-9-11-25(12-10-24)29(27,28)19-6-4-5-18(22)14-19/h4-8,13-14,17H,9-12H2,1-3H3,(H,23,26). The van der Waals surface area contributed by atoms with Crippen LogP contribution in [0.1, 0.15) is 18.1 Å². The molecule has 1 saturated heterocycles. The molecule has 2 aromatic rings. The van der Waals surface area contributed by atoms with Gasteiger partial charge in [0.05, 0.1) is 10.9 Å². The first-order chi connectivity index (χ1) is 13.7. The Kier molecular flexibility index (Phi) is 6.78. The van der Waals surface area contributed by atoms with Gasteiger partial charge in [-0.05, 0) is 56.2 Å². The minimum absolute atomic E-state index is 0.0815. The monoisotopic (exact) mass is 479 g/mol. The van der Waals surface area contributed by atoms with E-state index < -0.39 is 10.0 Å². The van der Waals surface area contributed by atoms with Gasteiger partial charge in [0.15, 0.2) is 0 Å². The predicted octanol–water partition coefficient (Wildman–Crippen LogP) is 3.40. The van der Waals surface area contributed by atoms with Gasteiger partial charge in [0.25, 0.3) is 0 Å². The normalized spacial score (nSPS) is 17.1. The van der Waals surface area contributed by atoms with Crippen molar-refractivity contribution in [3.63, 3.8) is 0 Å². The van der Waals surface area contributed by atoms with Crippen LogP contribution < -0.4 is 5.32 Å². The zero-order valence-electron chi connectivity index (χ0n) is 16.9. The van der Waals surface area contributed by atoms with Crippen molar-refractivity contribution in [2.24, 2.45) is 0 Å². The van der Waals surface area contributed by atoms with E-state index >= 15 is 0 Å². The van der Waals surface area contributed by atoms with Crippen molar-refractivity contribution in [1.82, 2.24) is 9.21 Å². The van der Waals surface area contributed by atoms with E-state index in [1.807, 2.05) is 43.9 Å². The molecule has 6 nitrogen and oxygen atoms in total. The lowest BCUT2D eigenvalue weighted by Crippen LogP contribution is -2.53. The maximum absolute atomic E-state index is 12.9. The number of halogens is 1. The minimum atomic E-state index is -3.54. The Balaban J connectivity index is 1.62. The molecule has 1 unspecified atom stereocenters. The number of nitrogens with zero attached hydrogens (tertiary/aromatic N) is 2. The quantitative estimate of drug-likeness (QED) is 0.713. The summed E-state index contributed by atoms with van der Waals surface area (Å²) in [6, 6.07) is 12.4. The van der Waals surface area contributed by atoms with Crippen molar-refractivity contribution in [2.45, 2.75) is 31.7 Å². The molecule has 0 bridgehead atoms.